The lowest BCUT2D eigenvalue weighted by molar-refractivity contribution is -0.123. The Morgan fingerprint density at radius 1 is 1.17 bits per heavy atom. The van der Waals surface area contributed by atoms with Gasteiger partial charge < -0.3 is 15.7 Å². The Bertz CT molecular complexity index is 1260. The minimum absolute atomic E-state index is 0.105. The number of carbonyl (C=O) groups excluding carboxylic acids is 2. The number of hydrogen-bond donors (Lipinski definition) is 3. The number of benzene rings is 2. The zero-order valence-corrected chi connectivity index (χ0v) is 21.4. The van der Waals surface area contributed by atoms with E-state index in [2.05, 4.69) is 26.2 Å². The summed E-state index contributed by atoms with van der Waals surface area (Å²) < 4.78 is 1.31. The molecule has 0 saturated carbocycles. The molecule has 2 aromatic carbocycles. The Balaban J connectivity index is 1.75. The van der Waals surface area contributed by atoms with Crippen molar-refractivity contribution in [3.05, 3.63) is 71.0 Å². The zero-order chi connectivity index (χ0) is 26.3. The second-order valence-corrected chi connectivity index (χ2v) is 10.9. The van der Waals surface area contributed by atoms with Crippen LogP contribution in [0.15, 0.2) is 54.9 Å². The van der Waals surface area contributed by atoms with Crippen LogP contribution in [0.2, 0.25) is 5.02 Å². The molecule has 0 spiro atoms. The van der Waals surface area contributed by atoms with E-state index in [4.69, 9.17) is 16.7 Å². The first-order chi connectivity index (χ1) is 17.0. The first kappa shape index (κ1) is 26.9. The fourth-order valence-electron chi connectivity index (χ4n) is 2.97. The van der Waals surface area contributed by atoms with Gasteiger partial charge in [0.25, 0.3) is 0 Å². The van der Waals surface area contributed by atoms with Crippen molar-refractivity contribution in [1.29, 1.82) is 0 Å². The second kappa shape index (κ2) is 11.8. The molecule has 1 heterocycles. The molecule has 3 N–H and O–H groups in total. The third-order valence-corrected chi connectivity index (χ3v) is 6.32. The molecular weight excluding hydrogens is 504 g/mol. The molecule has 0 radical (unpaired) electrons. The van der Waals surface area contributed by atoms with Gasteiger partial charge in [0.2, 0.25) is 11.8 Å². The van der Waals surface area contributed by atoms with Crippen molar-refractivity contribution in [2.24, 2.45) is 0 Å². The number of nitrogens with one attached hydrogen (secondary N) is 2. The van der Waals surface area contributed by atoms with E-state index in [0.29, 0.717) is 27.7 Å². The number of carbonyl (C=O) groups is 3. The predicted molar refractivity (Wildman–Crippen MR) is 139 cm³/mol. The van der Waals surface area contributed by atoms with Crippen molar-refractivity contribution in [3.63, 3.8) is 0 Å². The van der Waals surface area contributed by atoms with Gasteiger partial charge in [0.1, 0.15) is 12.4 Å². The van der Waals surface area contributed by atoms with Crippen LogP contribution in [0.5, 0.6) is 0 Å². The number of nitrogens with zero attached hydrogens (tertiary/aromatic N) is 4. The monoisotopic (exact) mass is 528 g/mol. The summed E-state index contributed by atoms with van der Waals surface area (Å²) in [4.78, 5) is 36.8. The van der Waals surface area contributed by atoms with Crippen molar-refractivity contribution in [3.8, 4) is 5.69 Å². The number of thioether (sulfide) groups is 1. The molecule has 3 aromatic rings. The number of anilines is 1. The molecular formula is C24H25ClN6O4S. The number of tetrazole rings is 1. The lowest BCUT2D eigenvalue weighted by Crippen LogP contribution is -2.45. The van der Waals surface area contributed by atoms with Gasteiger partial charge >= 0.3 is 5.97 Å². The van der Waals surface area contributed by atoms with Crippen molar-refractivity contribution in [2.45, 2.75) is 31.6 Å². The molecule has 0 aliphatic heterocycles. The SMILES string of the molecule is CC(C)(C)SCC(NC(=O)C=Cc1cc(Cl)ccc1-n1cnnn1)C(=O)Nc1ccc(C(=O)O)cc1. The summed E-state index contributed by atoms with van der Waals surface area (Å²) in [7, 11) is 0. The maximum atomic E-state index is 13.0. The highest BCUT2D eigenvalue weighted by molar-refractivity contribution is 8.00. The minimum Gasteiger partial charge on any atom is -0.478 e. The van der Waals surface area contributed by atoms with Crippen molar-refractivity contribution < 1.29 is 19.5 Å². The normalized spacial score (nSPS) is 12.3. The van der Waals surface area contributed by atoms with E-state index in [-0.39, 0.29) is 10.3 Å². The van der Waals surface area contributed by atoms with E-state index in [1.165, 1.54) is 53.1 Å². The molecule has 0 aliphatic rings. The number of rotatable bonds is 9. The van der Waals surface area contributed by atoms with Gasteiger partial charge in [-0.1, -0.05) is 32.4 Å². The molecule has 12 heteroatoms. The predicted octanol–water partition coefficient (Wildman–Crippen LogP) is 3.68. The summed E-state index contributed by atoms with van der Waals surface area (Å²) >= 11 is 7.65. The number of hydrogen-bond acceptors (Lipinski definition) is 7. The summed E-state index contributed by atoms with van der Waals surface area (Å²) in [5.41, 5.74) is 1.75. The van der Waals surface area contributed by atoms with Crippen LogP contribution in [0.3, 0.4) is 0 Å². The van der Waals surface area contributed by atoms with Crippen LogP contribution in [0.4, 0.5) is 5.69 Å². The van der Waals surface area contributed by atoms with Gasteiger partial charge in [-0.2, -0.15) is 16.4 Å². The largest absolute Gasteiger partial charge is 0.478 e. The minimum atomic E-state index is -1.06. The topological polar surface area (TPSA) is 139 Å². The highest BCUT2D eigenvalue weighted by atomic mass is 35.5. The molecule has 10 nitrogen and oxygen atoms in total. The van der Waals surface area contributed by atoms with Crippen LogP contribution in [-0.2, 0) is 9.59 Å². The smallest absolute Gasteiger partial charge is 0.335 e. The molecule has 1 atom stereocenters. The molecule has 0 saturated heterocycles. The molecule has 0 aliphatic carbocycles. The van der Waals surface area contributed by atoms with Crippen molar-refractivity contribution in [2.75, 3.05) is 11.1 Å². The Kier molecular flexibility index (Phi) is 8.83. The van der Waals surface area contributed by atoms with Gasteiger partial charge in [-0.15, -0.1) is 5.10 Å². The first-order valence-corrected chi connectivity index (χ1v) is 12.2. The van der Waals surface area contributed by atoms with Crippen LogP contribution >= 0.6 is 23.4 Å². The Labute approximate surface area is 217 Å². The molecule has 0 fully saturated rings. The van der Waals surface area contributed by atoms with Crippen LogP contribution in [0.25, 0.3) is 11.8 Å². The summed E-state index contributed by atoms with van der Waals surface area (Å²) in [6, 6.07) is 10.0. The van der Waals surface area contributed by atoms with E-state index < -0.39 is 23.8 Å². The third-order valence-electron chi connectivity index (χ3n) is 4.72. The maximum absolute atomic E-state index is 13.0. The van der Waals surface area contributed by atoms with E-state index >= 15 is 0 Å². The number of halogens is 1. The average molecular weight is 529 g/mol. The second-order valence-electron chi connectivity index (χ2n) is 8.65. The van der Waals surface area contributed by atoms with Crippen LogP contribution in [0, 0.1) is 0 Å². The standard InChI is InChI=1S/C24H25ClN6O4S/c1-24(2,3)36-13-19(22(33)27-18-8-4-15(5-9-18)23(34)35)28-21(32)11-6-16-12-17(25)7-10-20(16)31-14-26-29-30-31/h4-12,14,19H,13H2,1-3H3,(H,27,33)(H,28,32)(H,34,35). The Morgan fingerprint density at radius 2 is 1.89 bits per heavy atom. The van der Waals surface area contributed by atoms with Crippen molar-refractivity contribution in [1.82, 2.24) is 25.5 Å². The molecule has 188 valence electrons. The first-order valence-electron chi connectivity index (χ1n) is 10.8. The van der Waals surface area contributed by atoms with Gasteiger partial charge in [-0.05, 0) is 59.0 Å². The highest BCUT2D eigenvalue weighted by Crippen LogP contribution is 2.24. The Hall–Kier alpha value is -3.70. The summed E-state index contributed by atoms with van der Waals surface area (Å²) in [6.45, 7) is 6.04. The van der Waals surface area contributed by atoms with E-state index in [1.54, 1.807) is 24.3 Å². The Morgan fingerprint density at radius 3 is 2.50 bits per heavy atom. The van der Waals surface area contributed by atoms with E-state index in [9.17, 15) is 14.4 Å². The molecule has 36 heavy (non-hydrogen) atoms. The summed E-state index contributed by atoms with van der Waals surface area (Å²) in [5.74, 6) is -1.63. The number of carboxylic acids is 1. The molecule has 1 aromatic heterocycles. The average Bonchev–Trinajstić information content (AvgIpc) is 3.35. The van der Waals surface area contributed by atoms with Gasteiger partial charge in [-0.3, -0.25) is 9.59 Å². The number of amides is 2. The molecule has 2 amide bonds. The van der Waals surface area contributed by atoms with Crippen LogP contribution in [0.1, 0.15) is 36.7 Å². The molecule has 1 unspecified atom stereocenters. The number of aromatic nitrogens is 4. The van der Waals surface area contributed by atoms with Gasteiger partial charge in [0, 0.05) is 32.8 Å². The van der Waals surface area contributed by atoms with E-state index in [0.717, 1.165) is 0 Å². The summed E-state index contributed by atoms with van der Waals surface area (Å²) in [6.07, 6.45) is 4.30. The maximum Gasteiger partial charge on any atom is 0.335 e. The molecule has 3 rings (SSSR count). The van der Waals surface area contributed by atoms with Gasteiger partial charge in [0.15, 0.2) is 0 Å². The fourth-order valence-corrected chi connectivity index (χ4v) is 4.05. The third kappa shape index (κ3) is 7.92. The lowest BCUT2D eigenvalue weighted by atomic mass is 10.1. The van der Waals surface area contributed by atoms with Crippen LogP contribution < -0.4 is 10.6 Å². The summed E-state index contributed by atoms with van der Waals surface area (Å²) in [5, 5.41) is 26.1. The van der Waals surface area contributed by atoms with Crippen molar-refractivity contribution >= 4 is 52.9 Å². The highest BCUT2D eigenvalue weighted by Gasteiger charge is 2.23. The van der Waals surface area contributed by atoms with Gasteiger partial charge in [-0.25, -0.2) is 4.79 Å². The van der Waals surface area contributed by atoms with E-state index in [1.807, 2.05) is 20.8 Å². The fraction of sp³-hybridized carbons (Fsp3) is 0.250. The lowest BCUT2D eigenvalue weighted by Gasteiger charge is -2.23. The zero-order valence-electron chi connectivity index (χ0n) is 19.8. The van der Waals surface area contributed by atoms with Crippen LogP contribution in [-0.4, -0.2) is 59.6 Å². The quantitative estimate of drug-likeness (QED) is 0.357. The number of carboxylic acid groups (broad SMARTS) is 1. The molecule has 0 bridgehead atoms. The van der Waals surface area contributed by atoms with Gasteiger partial charge in [0.05, 0.1) is 11.3 Å². The number of aromatic carboxylic acids is 1.